The van der Waals surface area contributed by atoms with Gasteiger partial charge in [-0.2, -0.15) is 12.6 Å². The first-order chi connectivity index (χ1) is 6.97. The third-order valence-electron chi connectivity index (χ3n) is 1.72. The quantitative estimate of drug-likeness (QED) is 0.479. The molecule has 1 aromatic heterocycles. The molecule has 1 aromatic rings. The van der Waals surface area contributed by atoms with Crippen LogP contribution >= 0.6 is 35.8 Å². The summed E-state index contributed by atoms with van der Waals surface area (Å²) in [5.41, 5.74) is 5.34. The Hall–Kier alpha value is -0.270. The lowest BCUT2D eigenvalue weighted by Gasteiger charge is -2.17. The maximum Gasteiger partial charge on any atom is 0.222 e. The van der Waals surface area contributed by atoms with E-state index in [4.69, 9.17) is 28.9 Å². The van der Waals surface area contributed by atoms with Crippen LogP contribution in [0.3, 0.4) is 0 Å². The average Bonchev–Trinajstić information content (AvgIpc) is 2.14. The fraction of sp³-hybridized carbons (Fsp3) is 0.429. The van der Waals surface area contributed by atoms with Gasteiger partial charge in [-0.15, -0.1) is 0 Å². The first-order valence-corrected chi connectivity index (χ1v) is 5.31. The van der Waals surface area contributed by atoms with Crippen molar-refractivity contribution in [2.45, 2.75) is 12.2 Å². The first-order valence-electron chi connectivity index (χ1n) is 3.92. The first kappa shape index (κ1) is 12.8. The molecule has 0 amide bonds. The van der Waals surface area contributed by atoms with Gasteiger partial charge in [-0.1, -0.05) is 23.2 Å². The van der Waals surface area contributed by atoms with Gasteiger partial charge in [-0.3, -0.25) is 0 Å². The number of hydrogen-bond donors (Lipinski definition) is 4. The predicted molar refractivity (Wildman–Crippen MR) is 61.3 cm³/mol. The van der Waals surface area contributed by atoms with Crippen LogP contribution in [0, 0.1) is 0 Å². The topological polar surface area (TPSA) is 92.3 Å². The van der Waals surface area contributed by atoms with Crippen molar-refractivity contribution in [3.8, 4) is 0 Å². The Kier molecular flexibility index (Phi) is 4.42. The van der Waals surface area contributed by atoms with E-state index in [0.29, 0.717) is 0 Å². The summed E-state index contributed by atoms with van der Waals surface area (Å²) in [5.74, 6) is -0.0422. The van der Waals surface area contributed by atoms with E-state index in [1.165, 1.54) is 0 Å². The Balaban J connectivity index is 3.13. The molecule has 15 heavy (non-hydrogen) atoms. The van der Waals surface area contributed by atoms with Gasteiger partial charge in [0, 0.05) is 5.75 Å². The van der Waals surface area contributed by atoms with Crippen LogP contribution in [-0.4, -0.2) is 32.0 Å². The number of aliphatic hydroxyl groups is 2. The van der Waals surface area contributed by atoms with Crippen LogP contribution < -0.4 is 5.73 Å². The minimum Gasteiger partial charge on any atom is -0.389 e. The summed E-state index contributed by atoms with van der Waals surface area (Å²) < 4.78 is 0. The number of thiol groups is 1. The smallest absolute Gasteiger partial charge is 0.222 e. The van der Waals surface area contributed by atoms with Gasteiger partial charge in [0.2, 0.25) is 5.95 Å². The van der Waals surface area contributed by atoms with Crippen molar-refractivity contribution in [3.63, 3.8) is 0 Å². The fourth-order valence-electron chi connectivity index (χ4n) is 0.968. The van der Waals surface area contributed by atoms with E-state index < -0.39 is 12.2 Å². The molecule has 0 aliphatic heterocycles. The highest BCUT2D eigenvalue weighted by molar-refractivity contribution is 7.80. The molecule has 4 N–H and O–H groups in total. The molecule has 1 rings (SSSR count). The average molecular weight is 270 g/mol. The van der Waals surface area contributed by atoms with Gasteiger partial charge in [0.1, 0.15) is 16.4 Å². The summed E-state index contributed by atoms with van der Waals surface area (Å²) in [6.07, 6.45) is -2.39. The van der Waals surface area contributed by atoms with E-state index in [-0.39, 0.29) is 27.6 Å². The number of hydrogen-bond acceptors (Lipinski definition) is 6. The van der Waals surface area contributed by atoms with E-state index >= 15 is 0 Å². The minimum absolute atomic E-state index is 0.0501. The summed E-state index contributed by atoms with van der Waals surface area (Å²) >= 11 is 15.3. The number of nitrogens with two attached hydrogens (primary N) is 1. The second-order valence-electron chi connectivity index (χ2n) is 2.77. The third kappa shape index (κ3) is 2.85. The van der Waals surface area contributed by atoms with Crippen LogP contribution in [0.2, 0.25) is 10.3 Å². The molecule has 0 fully saturated rings. The molecular weight excluding hydrogens is 261 g/mol. The number of anilines is 1. The predicted octanol–water partition coefficient (Wildman–Crippen LogP) is 0.690. The van der Waals surface area contributed by atoms with Gasteiger partial charge in [-0.25, -0.2) is 9.97 Å². The number of nitrogen functional groups attached to an aromatic ring is 1. The zero-order chi connectivity index (χ0) is 11.6. The molecule has 2 unspecified atom stereocenters. The van der Waals surface area contributed by atoms with E-state index in [1.807, 2.05) is 0 Å². The van der Waals surface area contributed by atoms with Gasteiger partial charge in [0.05, 0.1) is 11.7 Å². The molecule has 84 valence electrons. The third-order valence-corrected chi connectivity index (χ3v) is 2.67. The van der Waals surface area contributed by atoms with E-state index in [1.54, 1.807) is 0 Å². The highest BCUT2D eigenvalue weighted by atomic mass is 35.5. The molecular formula is C7H9Cl2N3O2S. The molecule has 1 heterocycles. The molecule has 2 atom stereocenters. The number of aliphatic hydroxyl groups excluding tert-OH is 2. The summed E-state index contributed by atoms with van der Waals surface area (Å²) in [5, 5.41) is 18.9. The van der Waals surface area contributed by atoms with Crippen molar-refractivity contribution in [1.82, 2.24) is 9.97 Å². The standard InChI is InChI=1S/C7H9Cl2N3O2S/c8-5-3(4(14)2(13)1-15)6(9)12-7(10)11-5/h2,4,13-15H,1H2,(H2,10,11,12). The second-order valence-corrected chi connectivity index (χ2v) is 3.85. The van der Waals surface area contributed by atoms with Crippen LogP contribution in [0.4, 0.5) is 5.95 Å². The Morgan fingerprint density at radius 2 is 1.73 bits per heavy atom. The second kappa shape index (κ2) is 5.18. The lowest BCUT2D eigenvalue weighted by atomic mass is 10.1. The zero-order valence-corrected chi connectivity index (χ0v) is 9.84. The van der Waals surface area contributed by atoms with E-state index in [0.717, 1.165) is 0 Å². The zero-order valence-electron chi connectivity index (χ0n) is 7.43. The molecule has 0 saturated carbocycles. The van der Waals surface area contributed by atoms with Gasteiger partial charge in [0.15, 0.2) is 0 Å². The highest BCUT2D eigenvalue weighted by Gasteiger charge is 2.24. The van der Waals surface area contributed by atoms with Crippen molar-refractivity contribution in [3.05, 3.63) is 15.9 Å². The maximum atomic E-state index is 9.65. The Morgan fingerprint density at radius 1 is 1.27 bits per heavy atom. The number of nitrogens with zero attached hydrogens (tertiary/aromatic N) is 2. The number of rotatable bonds is 3. The Bertz CT molecular complexity index is 343. The van der Waals surface area contributed by atoms with Crippen molar-refractivity contribution in [2.24, 2.45) is 0 Å². The lowest BCUT2D eigenvalue weighted by Crippen LogP contribution is -2.21. The fourth-order valence-corrected chi connectivity index (χ4v) is 1.79. The Morgan fingerprint density at radius 3 is 2.13 bits per heavy atom. The van der Waals surface area contributed by atoms with Gasteiger partial charge in [0.25, 0.3) is 0 Å². The normalized spacial score (nSPS) is 15.0. The van der Waals surface area contributed by atoms with Crippen LogP contribution in [-0.2, 0) is 0 Å². The largest absolute Gasteiger partial charge is 0.389 e. The lowest BCUT2D eigenvalue weighted by molar-refractivity contribution is 0.0335. The van der Waals surface area contributed by atoms with E-state index in [9.17, 15) is 10.2 Å². The number of aromatic nitrogens is 2. The van der Waals surface area contributed by atoms with Crippen molar-refractivity contribution >= 4 is 41.8 Å². The molecule has 0 aliphatic carbocycles. The van der Waals surface area contributed by atoms with Crippen LogP contribution in [0.1, 0.15) is 11.7 Å². The molecule has 0 aliphatic rings. The molecule has 0 radical (unpaired) electrons. The highest BCUT2D eigenvalue weighted by Crippen LogP contribution is 2.30. The SMILES string of the molecule is Nc1nc(Cl)c(C(O)C(O)CS)c(Cl)n1. The molecule has 8 heteroatoms. The summed E-state index contributed by atoms with van der Waals surface area (Å²) in [4.78, 5) is 7.25. The van der Waals surface area contributed by atoms with Gasteiger partial charge in [-0.05, 0) is 0 Å². The summed E-state index contributed by atoms with van der Waals surface area (Å²) in [6.45, 7) is 0. The van der Waals surface area contributed by atoms with Crippen LogP contribution in [0.15, 0.2) is 0 Å². The van der Waals surface area contributed by atoms with Gasteiger partial charge < -0.3 is 15.9 Å². The van der Waals surface area contributed by atoms with E-state index in [2.05, 4.69) is 22.6 Å². The monoisotopic (exact) mass is 269 g/mol. The summed E-state index contributed by atoms with van der Waals surface area (Å²) in [7, 11) is 0. The van der Waals surface area contributed by atoms with Crippen LogP contribution in [0.5, 0.6) is 0 Å². The Labute approximate surface area is 102 Å². The van der Waals surface area contributed by atoms with Crippen molar-refractivity contribution in [1.29, 1.82) is 0 Å². The molecule has 5 nitrogen and oxygen atoms in total. The minimum atomic E-state index is -1.29. The van der Waals surface area contributed by atoms with Crippen LogP contribution in [0.25, 0.3) is 0 Å². The van der Waals surface area contributed by atoms with Gasteiger partial charge >= 0.3 is 0 Å². The van der Waals surface area contributed by atoms with Crippen molar-refractivity contribution in [2.75, 3.05) is 11.5 Å². The molecule has 0 bridgehead atoms. The number of halogens is 2. The maximum absolute atomic E-state index is 9.65. The molecule has 0 spiro atoms. The summed E-state index contributed by atoms with van der Waals surface area (Å²) in [6, 6.07) is 0. The van der Waals surface area contributed by atoms with Crippen molar-refractivity contribution < 1.29 is 10.2 Å². The molecule has 0 aromatic carbocycles. The molecule has 0 saturated heterocycles.